The number of hydrogen-bond donors (Lipinski definition) is 0. The van der Waals surface area contributed by atoms with Crippen LogP contribution in [0, 0.1) is 6.92 Å². The van der Waals surface area contributed by atoms with Crippen molar-refractivity contribution >= 4 is 12.2 Å². The van der Waals surface area contributed by atoms with Crippen molar-refractivity contribution in [1.29, 1.82) is 0 Å². The van der Waals surface area contributed by atoms with Gasteiger partial charge in [-0.3, -0.25) is 0 Å². The van der Waals surface area contributed by atoms with Crippen molar-refractivity contribution in [3.05, 3.63) is 83.6 Å². The Morgan fingerprint density at radius 1 is 1.07 bits per heavy atom. The van der Waals surface area contributed by atoms with Gasteiger partial charge < -0.3 is 9.30 Å². The molecule has 5 rings (SSSR count). The number of benzene rings is 1. The van der Waals surface area contributed by atoms with Crippen LogP contribution in [0.2, 0.25) is 0 Å². The molecule has 0 spiro atoms. The molecule has 0 saturated heterocycles. The SMILES string of the molecule is COc1nc(/C=C/c2nc3n(n2)CCC3c2ccccc2)ccc1-n1cnc(C)c1. The Morgan fingerprint density at radius 2 is 1.93 bits per heavy atom. The van der Waals surface area contributed by atoms with Crippen molar-refractivity contribution in [2.24, 2.45) is 0 Å². The molecule has 150 valence electrons. The lowest BCUT2D eigenvalue weighted by Crippen LogP contribution is -1.99. The average Bonchev–Trinajstić information content (AvgIpc) is 3.48. The minimum Gasteiger partial charge on any atom is -0.479 e. The Labute approximate surface area is 174 Å². The lowest BCUT2D eigenvalue weighted by atomic mass is 9.97. The van der Waals surface area contributed by atoms with Crippen molar-refractivity contribution in [3.8, 4) is 11.6 Å². The lowest BCUT2D eigenvalue weighted by molar-refractivity contribution is 0.395. The molecule has 30 heavy (non-hydrogen) atoms. The van der Waals surface area contributed by atoms with Crippen LogP contribution in [-0.4, -0.2) is 36.4 Å². The highest BCUT2D eigenvalue weighted by Gasteiger charge is 2.27. The first-order valence-electron chi connectivity index (χ1n) is 9.95. The summed E-state index contributed by atoms with van der Waals surface area (Å²) < 4.78 is 9.40. The number of methoxy groups -OCH3 is 1. The summed E-state index contributed by atoms with van der Waals surface area (Å²) in [4.78, 5) is 13.6. The first-order valence-corrected chi connectivity index (χ1v) is 9.95. The van der Waals surface area contributed by atoms with Gasteiger partial charge in [0.05, 0.1) is 24.8 Å². The summed E-state index contributed by atoms with van der Waals surface area (Å²) in [6, 6.07) is 14.4. The minimum atomic E-state index is 0.303. The molecule has 0 saturated carbocycles. The maximum absolute atomic E-state index is 5.49. The Hall–Kier alpha value is -3.74. The molecule has 1 unspecified atom stereocenters. The van der Waals surface area contributed by atoms with E-state index in [9.17, 15) is 0 Å². The number of fused-ring (bicyclic) bond motifs is 1. The highest BCUT2D eigenvalue weighted by molar-refractivity contribution is 5.65. The summed E-state index contributed by atoms with van der Waals surface area (Å²) >= 11 is 0. The maximum Gasteiger partial charge on any atom is 0.238 e. The van der Waals surface area contributed by atoms with Crippen LogP contribution in [0.5, 0.6) is 5.88 Å². The molecule has 0 amide bonds. The van der Waals surface area contributed by atoms with Gasteiger partial charge in [0, 0.05) is 18.7 Å². The molecule has 4 aromatic rings. The van der Waals surface area contributed by atoms with Crippen molar-refractivity contribution in [1.82, 2.24) is 29.3 Å². The van der Waals surface area contributed by atoms with Crippen LogP contribution in [0.15, 0.2) is 55.0 Å². The van der Waals surface area contributed by atoms with Crippen molar-refractivity contribution < 1.29 is 4.74 Å². The molecule has 1 aromatic carbocycles. The molecular formula is C23H22N6O. The smallest absolute Gasteiger partial charge is 0.238 e. The zero-order valence-electron chi connectivity index (χ0n) is 16.9. The highest BCUT2D eigenvalue weighted by Crippen LogP contribution is 2.32. The van der Waals surface area contributed by atoms with Gasteiger partial charge in [-0.05, 0) is 43.2 Å². The third-order valence-corrected chi connectivity index (χ3v) is 5.31. The Kier molecular flexibility index (Phi) is 4.63. The normalized spacial score (nSPS) is 15.6. The van der Waals surface area contributed by atoms with Crippen LogP contribution in [-0.2, 0) is 6.54 Å². The quantitative estimate of drug-likeness (QED) is 0.510. The molecular weight excluding hydrogens is 376 g/mol. The lowest BCUT2D eigenvalue weighted by Gasteiger charge is -2.08. The van der Waals surface area contributed by atoms with Crippen LogP contribution in [0.25, 0.3) is 17.8 Å². The van der Waals surface area contributed by atoms with E-state index in [1.165, 1.54) is 5.56 Å². The van der Waals surface area contributed by atoms with E-state index in [0.717, 1.165) is 35.9 Å². The van der Waals surface area contributed by atoms with Crippen molar-refractivity contribution in [2.75, 3.05) is 7.11 Å². The summed E-state index contributed by atoms with van der Waals surface area (Å²) in [5.74, 6) is 2.56. The summed E-state index contributed by atoms with van der Waals surface area (Å²) in [6.07, 6.45) is 8.54. The minimum absolute atomic E-state index is 0.303. The van der Waals surface area contributed by atoms with Crippen LogP contribution < -0.4 is 4.74 Å². The van der Waals surface area contributed by atoms with E-state index in [0.29, 0.717) is 17.6 Å². The fourth-order valence-corrected chi connectivity index (χ4v) is 3.85. The number of rotatable bonds is 5. The second-order valence-electron chi connectivity index (χ2n) is 7.32. The van der Waals surface area contributed by atoms with E-state index in [4.69, 9.17) is 9.72 Å². The molecule has 0 radical (unpaired) electrons. The summed E-state index contributed by atoms with van der Waals surface area (Å²) in [5, 5.41) is 4.64. The van der Waals surface area contributed by atoms with Crippen molar-refractivity contribution in [2.45, 2.75) is 25.8 Å². The molecule has 0 fully saturated rings. The van der Waals surface area contributed by atoms with Crippen LogP contribution in [0.3, 0.4) is 0 Å². The third kappa shape index (κ3) is 3.39. The molecule has 1 atom stereocenters. The molecule has 1 aliphatic heterocycles. The maximum atomic E-state index is 5.49. The number of ether oxygens (including phenoxy) is 1. The molecule has 1 aliphatic rings. The molecule has 3 aromatic heterocycles. The number of imidazole rings is 1. The number of nitrogens with zero attached hydrogens (tertiary/aromatic N) is 6. The standard InChI is InChI=1S/C23H22N6O/c1-16-14-28(15-24-16)20-10-8-18(25-23(20)30-2)9-11-21-26-22-19(12-13-29(22)27-21)17-6-4-3-5-7-17/h3-11,14-15,19H,12-13H2,1-2H3/b11-9+. The summed E-state index contributed by atoms with van der Waals surface area (Å²) in [6.45, 7) is 2.84. The topological polar surface area (TPSA) is 70.7 Å². The first kappa shape index (κ1) is 18.3. The molecule has 0 aliphatic carbocycles. The molecule has 7 nitrogen and oxygen atoms in total. The summed E-state index contributed by atoms with van der Waals surface area (Å²) in [7, 11) is 1.62. The van der Waals surface area contributed by atoms with Gasteiger partial charge in [-0.1, -0.05) is 30.3 Å². The van der Waals surface area contributed by atoms with Crippen LogP contribution >= 0.6 is 0 Å². The predicted molar refractivity (Wildman–Crippen MR) is 115 cm³/mol. The average molecular weight is 398 g/mol. The van der Waals surface area contributed by atoms with Crippen molar-refractivity contribution in [3.63, 3.8) is 0 Å². The Balaban J connectivity index is 1.39. The molecule has 7 heteroatoms. The van der Waals surface area contributed by atoms with E-state index < -0.39 is 0 Å². The van der Waals surface area contributed by atoms with E-state index in [1.807, 2.05) is 52.7 Å². The zero-order chi connectivity index (χ0) is 20.5. The van der Waals surface area contributed by atoms with E-state index in [2.05, 4.69) is 39.3 Å². The monoisotopic (exact) mass is 398 g/mol. The van der Waals surface area contributed by atoms with E-state index >= 15 is 0 Å². The van der Waals surface area contributed by atoms with Gasteiger partial charge >= 0.3 is 0 Å². The van der Waals surface area contributed by atoms with Gasteiger partial charge in [0.1, 0.15) is 11.5 Å². The molecule has 4 heterocycles. The number of pyridine rings is 1. The Bertz CT molecular complexity index is 1210. The van der Waals surface area contributed by atoms with Gasteiger partial charge in [0.2, 0.25) is 5.88 Å². The van der Waals surface area contributed by atoms with Gasteiger partial charge in [-0.25, -0.2) is 19.6 Å². The van der Waals surface area contributed by atoms with Crippen LogP contribution in [0.4, 0.5) is 0 Å². The van der Waals surface area contributed by atoms with Crippen LogP contribution in [0.1, 0.15) is 40.9 Å². The number of aromatic nitrogens is 6. The second kappa shape index (κ2) is 7.59. The Morgan fingerprint density at radius 3 is 2.70 bits per heavy atom. The number of hydrogen-bond acceptors (Lipinski definition) is 5. The highest BCUT2D eigenvalue weighted by atomic mass is 16.5. The zero-order valence-corrected chi connectivity index (χ0v) is 16.9. The molecule has 0 N–H and O–H groups in total. The first-order chi connectivity index (χ1) is 14.7. The molecule has 0 bridgehead atoms. The fraction of sp³-hybridized carbons (Fsp3) is 0.217. The predicted octanol–water partition coefficient (Wildman–Crippen LogP) is 3.88. The summed E-state index contributed by atoms with van der Waals surface area (Å²) in [5.41, 5.74) is 3.85. The third-order valence-electron chi connectivity index (χ3n) is 5.31. The van der Waals surface area contributed by atoms with Gasteiger partial charge in [0.15, 0.2) is 5.82 Å². The van der Waals surface area contributed by atoms with E-state index in [-0.39, 0.29) is 0 Å². The largest absolute Gasteiger partial charge is 0.479 e. The van der Waals surface area contributed by atoms with Gasteiger partial charge in [0.25, 0.3) is 0 Å². The van der Waals surface area contributed by atoms with E-state index in [1.54, 1.807) is 13.4 Å². The number of aryl methyl sites for hydroxylation is 2. The fourth-order valence-electron chi connectivity index (χ4n) is 3.85. The van der Waals surface area contributed by atoms with Gasteiger partial charge in [-0.2, -0.15) is 5.10 Å². The second-order valence-corrected chi connectivity index (χ2v) is 7.32. The van der Waals surface area contributed by atoms with Gasteiger partial charge in [-0.15, -0.1) is 0 Å².